The van der Waals surface area contributed by atoms with Crippen LogP contribution in [0.2, 0.25) is 0 Å². The highest BCUT2D eigenvalue weighted by Gasteiger charge is 2.56. The molecule has 0 amide bonds. The molecule has 26 heavy (non-hydrogen) atoms. The molecule has 3 saturated carbocycles. The molecule has 0 aromatic heterocycles. The van der Waals surface area contributed by atoms with Crippen molar-refractivity contribution in [1.29, 1.82) is 0 Å². The Kier molecular flexibility index (Phi) is 4.24. The van der Waals surface area contributed by atoms with E-state index in [1.807, 2.05) is 0 Å². The van der Waals surface area contributed by atoms with Crippen molar-refractivity contribution in [2.75, 3.05) is 0 Å². The Bertz CT molecular complexity index is 625. The second-order valence-corrected chi connectivity index (χ2v) is 9.61. The average molecular weight is 370 g/mol. The first-order valence-corrected chi connectivity index (χ1v) is 10.1. The van der Waals surface area contributed by atoms with E-state index >= 15 is 0 Å². The van der Waals surface area contributed by atoms with Crippen molar-refractivity contribution < 1.29 is 22.7 Å². The predicted molar refractivity (Wildman–Crippen MR) is 92.3 cm³/mol. The summed E-state index contributed by atoms with van der Waals surface area (Å²) in [5.74, 6) is 0.119. The molecule has 0 saturated heterocycles. The van der Waals surface area contributed by atoms with E-state index in [9.17, 15) is 18.0 Å². The molecule has 0 spiro atoms. The Balaban J connectivity index is 1.51. The van der Waals surface area contributed by atoms with Crippen LogP contribution in [0.15, 0.2) is 11.6 Å². The van der Waals surface area contributed by atoms with Crippen LogP contribution in [-0.2, 0) is 9.53 Å². The monoisotopic (exact) mass is 370 g/mol. The van der Waals surface area contributed by atoms with Crippen LogP contribution < -0.4 is 0 Å². The lowest BCUT2D eigenvalue weighted by Gasteiger charge is -2.57. The van der Waals surface area contributed by atoms with Gasteiger partial charge < -0.3 is 4.74 Å². The summed E-state index contributed by atoms with van der Waals surface area (Å²) in [6.45, 7) is 4.78. The molecule has 4 rings (SSSR count). The predicted octanol–water partition coefficient (Wildman–Crippen LogP) is 5.81. The minimum absolute atomic E-state index is 0.0774. The minimum atomic E-state index is -4.90. The zero-order chi connectivity index (χ0) is 18.7. The van der Waals surface area contributed by atoms with E-state index in [1.54, 1.807) is 0 Å². The summed E-state index contributed by atoms with van der Waals surface area (Å²) in [5.41, 5.74) is 1.82. The lowest BCUT2D eigenvalue weighted by Crippen LogP contribution is -2.49. The number of allylic oxidation sites excluding steroid dienone is 1. The molecule has 3 fully saturated rings. The number of rotatable bonds is 1. The summed E-state index contributed by atoms with van der Waals surface area (Å²) in [5, 5.41) is 0. The fraction of sp³-hybridized carbons (Fsp3) is 0.857. The first-order valence-electron chi connectivity index (χ1n) is 10.1. The van der Waals surface area contributed by atoms with E-state index in [1.165, 1.54) is 37.7 Å². The molecule has 0 aromatic carbocycles. The first kappa shape index (κ1) is 18.4. The highest BCUT2D eigenvalue weighted by atomic mass is 19.4. The van der Waals surface area contributed by atoms with Crippen LogP contribution in [0.25, 0.3) is 0 Å². The van der Waals surface area contributed by atoms with Gasteiger partial charge in [0.05, 0.1) is 0 Å². The standard InChI is InChI=1S/C21H29F3O2/c1-19-9-3-4-16(19)15-6-5-13-12-14(26-18(25)21(22,23)24)7-11-20(13,2)17(15)8-10-19/h5,14-17H,3-4,6-12H2,1-2H3/t14-,15-,16-,17-,19+,20+/m1/s1. The first-order chi connectivity index (χ1) is 12.1. The van der Waals surface area contributed by atoms with Crippen LogP contribution in [0.4, 0.5) is 13.2 Å². The topological polar surface area (TPSA) is 26.3 Å². The molecular weight excluding hydrogens is 341 g/mol. The maximum absolute atomic E-state index is 12.5. The van der Waals surface area contributed by atoms with Crippen molar-refractivity contribution in [2.45, 2.75) is 83.9 Å². The van der Waals surface area contributed by atoms with Gasteiger partial charge in [-0.05, 0) is 73.5 Å². The molecule has 5 heteroatoms. The number of alkyl halides is 3. The Labute approximate surface area is 153 Å². The van der Waals surface area contributed by atoms with E-state index in [4.69, 9.17) is 4.74 Å². The van der Waals surface area contributed by atoms with Crippen molar-refractivity contribution in [3.8, 4) is 0 Å². The van der Waals surface area contributed by atoms with Gasteiger partial charge in [0.25, 0.3) is 0 Å². The number of carbonyl (C=O) groups excluding carboxylic acids is 1. The van der Waals surface area contributed by atoms with Gasteiger partial charge in [-0.3, -0.25) is 0 Å². The fourth-order valence-electron chi connectivity index (χ4n) is 6.94. The van der Waals surface area contributed by atoms with Crippen LogP contribution in [0.3, 0.4) is 0 Å². The van der Waals surface area contributed by atoms with Crippen molar-refractivity contribution in [1.82, 2.24) is 0 Å². The number of esters is 1. The van der Waals surface area contributed by atoms with E-state index < -0.39 is 18.2 Å². The van der Waals surface area contributed by atoms with Crippen molar-refractivity contribution in [3.63, 3.8) is 0 Å². The third-order valence-electron chi connectivity index (χ3n) is 8.35. The Morgan fingerprint density at radius 2 is 1.88 bits per heavy atom. The lowest BCUT2D eigenvalue weighted by atomic mass is 9.48. The number of carbonyl (C=O) groups is 1. The number of hydrogen-bond donors (Lipinski definition) is 0. The third kappa shape index (κ3) is 2.80. The van der Waals surface area contributed by atoms with E-state index in [2.05, 4.69) is 19.9 Å². The summed E-state index contributed by atoms with van der Waals surface area (Å²) >= 11 is 0. The van der Waals surface area contributed by atoms with Gasteiger partial charge in [-0.2, -0.15) is 13.2 Å². The number of fused-ring (bicyclic) bond motifs is 5. The summed E-state index contributed by atoms with van der Waals surface area (Å²) in [7, 11) is 0. The van der Waals surface area contributed by atoms with E-state index in [-0.39, 0.29) is 5.41 Å². The van der Waals surface area contributed by atoms with Crippen LogP contribution in [0, 0.1) is 28.6 Å². The van der Waals surface area contributed by atoms with Crippen LogP contribution in [-0.4, -0.2) is 18.2 Å². The Hall–Kier alpha value is -1.00. The number of halogens is 3. The van der Waals surface area contributed by atoms with Gasteiger partial charge in [-0.1, -0.05) is 31.9 Å². The van der Waals surface area contributed by atoms with Gasteiger partial charge in [0.1, 0.15) is 6.10 Å². The molecule has 146 valence electrons. The van der Waals surface area contributed by atoms with Gasteiger partial charge in [0, 0.05) is 6.42 Å². The largest absolute Gasteiger partial charge is 0.490 e. The Morgan fingerprint density at radius 3 is 2.62 bits per heavy atom. The number of ether oxygens (including phenoxy) is 1. The normalized spacial score (nSPS) is 45.2. The molecule has 0 aliphatic heterocycles. The minimum Gasteiger partial charge on any atom is -0.455 e. The van der Waals surface area contributed by atoms with E-state index in [0.717, 1.165) is 24.7 Å². The van der Waals surface area contributed by atoms with Gasteiger partial charge in [-0.15, -0.1) is 0 Å². The summed E-state index contributed by atoms with van der Waals surface area (Å²) in [4.78, 5) is 11.2. The molecule has 0 heterocycles. The molecule has 0 N–H and O–H groups in total. The van der Waals surface area contributed by atoms with Crippen molar-refractivity contribution in [3.05, 3.63) is 11.6 Å². The fourth-order valence-corrected chi connectivity index (χ4v) is 6.94. The van der Waals surface area contributed by atoms with Crippen LogP contribution >= 0.6 is 0 Å². The second-order valence-electron chi connectivity index (χ2n) is 9.61. The molecule has 0 aromatic rings. The molecule has 0 bridgehead atoms. The zero-order valence-corrected chi connectivity index (χ0v) is 15.7. The van der Waals surface area contributed by atoms with Gasteiger partial charge in [0.2, 0.25) is 0 Å². The SMILES string of the molecule is C[C@@]12CCC[C@@H]1[C@H]1CC=C3C[C@H](OC(=O)C(F)(F)F)CC[C@]3(C)[C@@H]1CC2. The lowest BCUT2D eigenvalue weighted by molar-refractivity contribution is -0.206. The summed E-state index contributed by atoms with van der Waals surface area (Å²) in [6.07, 6.45) is 6.22. The van der Waals surface area contributed by atoms with Gasteiger partial charge in [0.15, 0.2) is 0 Å². The van der Waals surface area contributed by atoms with E-state index in [0.29, 0.717) is 24.2 Å². The maximum atomic E-state index is 12.5. The smallest absolute Gasteiger partial charge is 0.455 e. The molecule has 4 aliphatic carbocycles. The molecule has 0 unspecified atom stereocenters. The van der Waals surface area contributed by atoms with Crippen LogP contribution in [0.1, 0.15) is 71.6 Å². The quantitative estimate of drug-likeness (QED) is 0.430. The van der Waals surface area contributed by atoms with Crippen molar-refractivity contribution >= 4 is 5.97 Å². The molecular formula is C21H29F3O2. The molecule has 4 aliphatic rings. The van der Waals surface area contributed by atoms with Gasteiger partial charge in [-0.25, -0.2) is 4.79 Å². The van der Waals surface area contributed by atoms with Crippen LogP contribution in [0.5, 0.6) is 0 Å². The highest BCUT2D eigenvalue weighted by molar-refractivity contribution is 5.75. The molecule has 6 atom stereocenters. The highest BCUT2D eigenvalue weighted by Crippen LogP contribution is 2.64. The van der Waals surface area contributed by atoms with Crippen molar-refractivity contribution in [2.24, 2.45) is 28.6 Å². The molecule has 2 nitrogen and oxygen atoms in total. The Morgan fingerprint density at radius 1 is 1.12 bits per heavy atom. The molecule has 0 radical (unpaired) electrons. The van der Waals surface area contributed by atoms with Gasteiger partial charge >= 0.3 is 12.1 Å². The number of hydrogen-bond acceptors (Lipinski definition) is 2. The zero-order valence-electron chi connectivity index (χ0n) is 15.7. The second kappa shape index (κ2) is 6.00. The maximum Gasteiger partial charge on any atom is 0.490 e. The summed E-state index contributed by atoms with van der Waals surface area (Å²) in [6, 6.07) is 0. The summed E-state index contributed by atoms with van der Waals surface area (Å²) < 4.78 is 42.3. The average Bonchev–Trinajstić information content (AvgIpc) is 2.96. The third-order valence-corrected chi connectivity index (χ3v) is 8.35.